The molecular weight excluding hydrogens is 310 g/mol. The lowest BCUT2D eigenvalue weighted by Crippen LogP contribution is -2.55. The van der Waals surface area contributed by atoms with E-state index in [4.69, 9.17) is 0 Å². The zero-order valence-corrected chi connectivity index (χ0v) is 15.5. The molecular formula is C21H31N3O. The SMILES string of the molecule is Cc1nccn1CC1CCN(C(=O)C23CC4CC(CC(C4)C2)C3)CC1. The Kier molecular flexibility index (Phi) is 3.72. The van der Waals surface area contributed by atoms with E-state index < -0.39 is 0 Å². The smallest absolute Gasteiger partial charge is 0.228 e. The van der Waals surface area contributed by atoms with Crippen molar-refractivity contribution >= 4 is 5.91 Å². The van der Waals surface area contributed by atoms with Gasteiger partial charge in [0.15, 0.2) is 0 Å². The summed E-state index contributed by atoms with van der Waals surface area (Å²) in [6, 6.07) is 0. The van der Waals surface area contributed by atoms with Gasteiger partial charge < -0.3 is 9.47 Å². The van der Waals surface area contributed by atoms with Gasteiger partial charge in [0.05, 0.1) is 5.41 Å². The number of hydrogen-bond acceptors (Lipinski definition) is 2. The summed E-state index contributed by atoms with van der Waals surface area (Å²) in [6.07, 6.45) is 14.1. The van der Waals surface area contributed by atoms with Crippen LogP contribution in [0.3, 0.4) is 0 Å². The summed E-state index contributed by atoms with van der Waals surface area (Å²) < 4.78 is 2.27. The maximum atomic E-state index is 13.4. The Morgan fingerprint density at radius 1 is 1.12 bits per heavy atom. The second-order valence-corrected chi connectivity index (χ2v) is 9.56. The van der Waals surface area contributed by atoms with Crippen molar-refractivity contribution in [2.45, 2.75) is 64.8 Å². The molecule has 1 aromatic heterocycles. The molecule has 5 fully saturated rings. The monoisotopic (exact) mass is 341 g/mol. The molecule has 4 heteroatoms. The van der Waals surface area contributed by atoms with E-state index >= 15 is 0 Å². The van der Waals surface area contributed by atoms with Gasteiger partial charge >= 0.3 is 0 Å². The van der Waals surface area contributed by atoms with Crippen molar-refractivity contribution in [1.82, 2.24) is 14.5 Å². The molecule has 0 unspecified atom stereocenters. The lowest BCUT2D eigenvalue weighted by atomic mass is 9.49. The van der Waals surface area contributed by atoms with Crippen LogP contribution in [0.2, 0.25) is 0 Å². The molecule has 4 saturated carbocycles. The van der Waals surface area contributed by atoms with E-state index in [1.54, 1.807) is 0 Å². The van der Waals surface area contributed by atoms with Crippen molar-refractivity contribution in [3.8, 4) is 0 Å². The third kappa shape index (κ3) is 2.72. The zero-order valence-electron chi connectivity index (χ0n) is 15.5. The van der Waals surface area contributed by atoms with Crippen molar-refractivity contribution in [3.63, 3.8) is 0 Å². The molecule has 0 radical (unpaired) electrons. The highest BCUT2D eigenvalue weighted by Gasteiger charge is 2.55. The fourth-order valence-corrected chi connectivity index (χ4v) is 6.90. The summed E-state index contributed by atoms with van der Waals surface area (Å²) in [6.45, 7) is 5.08. The highest BCUT2D eigenvalue weighted by atomic mass is 16.2. The Labute approximate surface area is 151 Å². The van der Waals surface area contributed by atoms with Crippen LogP contribution in [0.4, 0.5) is 0 Å². The van der Waals surface area contributed by atoms with E-state index in [-0.39, 0.29) is 5.41 Å². The summed E-state index contributed by atoms with van der Waals surface area (Å²) >= 11 is 0. The Hall–Kier alpha value is -1.32. The predicted molar refractivity (Wildman–Crippen MR) is 96.9 cm³/mol. The first-order chi connectivity index (χ1) is 12.1. The Morgan fingerprint density at radius 2 is 1.72 bits per heavy atom. The normalized spacial score (nSPS) is 37.6. The molecule has 2 heterocycles. The summed E-state index contributed by atoms with van der Waals surface area (Å²) in [5, 5.41) is 0. The van der Waals surface area contributed by atoms with Crippen molar-refractivity contribution in [2.24, 2.45) is 29.1 Å². The fraction of sp³-hybridized carbons (Fsp3) is 0.810. The van der Waals surface area contributed by atoms with Gasteiger partial charge in [-0.05, 0) is 82.0 Å². The van der Waals surface area contributed by atoms with Gasteiger partial charge in [-0.1, -0.05) is 0 Å². The van der Waals surface area contributed by atoms with E-state index in [9.17, 15) is 4.79 Å². The number of rotatable bonds is 3. The topological polar surface area (TPSA) is 38.1 Å². The third-order valence-corrected chi connectivity index (χ3v) is 7.77. The van der Waals surface area contributed by atoms with Crippen LogP contribution < -0.4 is 0 Å². The maximum Gasteiger partial charge on any atom is 0.228 e. The summed E-state index contributed by atoms with van der Waals surface area (Å²) in [7, 11) is 0. The first-order valence-corrected chi connectivity index (χ1v) is 10.4. The zero-order chi connectivity index (χ0) is 17.0. The Balaban J connectivity index is 1.22. The molecule has 0 atom stereocenters. The van der Waals surface area contributed by atoms with Gasteiger partial charge in [0.25, 0.3) is 0 Å². The minimum atomic E-state index is 0.0442. The molecule has 1 aromatic rings. The number of carbonyl (C=O) groups excluding carboxylic acids is 1. The quantitative estimate of drug-likeness (QED) is 0.842. The molecule has 0 spiro atoms. The van der Waals surface area contributed by atoms with Crippen LogP contribution in [0.15, 0.2) is 12.4 Å². The van der Waals surface area contributed by atoms with Crippen molar-refractivity contribution < 1.29 is 4.79 Å². The number of likely N-dealkylation sites (tertiary alicyclic amines) is 1. The average Bonchev–Trinajstić information content (AvgIpc) is 2.99. The van der Waals surface area contributed by atoms with Gasteiger partial charge in [-0.3, -0.25) is 4.79 Å². The van der Waals surface area contributed by atoms with E-state index in [1.807, 2.05) is 6.20 Å². The molecule has 136 valence electrons. The van der Waals surface area contributed by atoms with E-state index in [1.165, 1.54) is 38.5 Å². The van der Waals surface area contributed by atoms with E-state index in [2.05, 4.69) is 27.6 Å². The minimum absolute atomic E-state index is 0.0442. The summed E-state index contributed by atoms with van der Waals surface area (Å²) in [4.78, 5) is 20.0. The largest absolute Gasteiger partial charge is 0.342 e. The first-order valence-electron chi connectivity index (χ1n) is 10.4. The number of nitrogens with zero attached hydrogens (tertiary/aromatic N) is 3. The van der Waals surface area contributed by atoms with Gasteiger partial charge in [-0.15, -0.1) is 0 Å². The van der Waals surface area contributed by atoms with Crippen molar-refractivity contribution in [3.05, 3.63) is 18.2 Å². The molecule has 4 aliphatic carbocycles. The van der Waals surface area contributed by atoms with Crippen LogP contribution in [-0.2, 0) is 11.3 Å². The van der Waals surface area contributed by atoms with E-state index in [0.29, 0.717) is 11.8 Å². The van der Waals surface area contributed by atoms with Gasteiger partial charge in [0, 0.05) is 32.0 Å². The standard InChI is InChI=1S/C21H31N3O/c1-15-22-4-7-24(15)14-16-2-5-23(6-3-16)20(25)21-11-17-8-18(12-21)10-19(9-17)13-21/h4,7,16-19H,2-3,5-6,8-14H2,1H3. The van der Waals surface area contributed by atoms with Gasteiger partial charge in [-0.25, -0.2) is 4.98 Å². The van der Waals surface area contributed by atoms with Gasteiger partial charge in [0.2, 0.25) is 5.91 Å². The summed E-state index contributed by atoms with van der Waals surface area (Å²) in [5.41, 5.74) is 0.0442. The second-order valence-electron chi connectivity index (χ2n) is 9.56. The molecule has 0 N–H and O–H groups in total. The number of carbonyl (C=O) groups is 1. The lowest BCUT2D eigenvalue weighted by Gasteiger charge is -2.57. The first kappa shape index (κ1) is 15.9. The highest BCUT2D eigenvalue weighted by Crippen LogP contribution is 2.60. The molecule has 0 aromatic carbocycles. The molecule has 5 aliphatic rings. The number of imidazole rings is 1. The maximum absolute atomic E-state index is 13.4. The minimum Gasteiger partial charge on any atom is -0.342 e. The Morgan fingerprint density at radius 3 is 2.24 bits per heavy atom. The number of aryl methyl sites for hydroxylation is 1. The van der Waals surface area contributed by atoms with Crippen LogP contribution in [0.1, 0.15) is 57.2 Å². The molecule has 1 saturated heterocycles. The number of hydrogen-bond donors (Lipinski definition) is 0. The highest BCUT2D eigenvalue weighted by molar-refractivity contribution is 5.83. The average molecular weight is 341 g/mol. The molecule has 1 aliphatic heterocycles. The fourth-order valence-electron chi connectivity index (χ4n) is 6.90. The third-order valence-electron chi connectivity index (χ3n) is 7.77. The van der Waals surface area contributed by atoms with Crippen molar-refractivity contribution in [2.75, 3.05) is 13.1 Å². The molecule has 1 amide bonds. The van der Waals surface area contributed by atoms with Gasteiger partial charge in [0.1, 0.15) is 5.82 Å². The number of piperidine rings is 1. The van der Waals surface area contributed by atoms with Crippen LogP contribution in [-0.4, -0.2) is 33.4 Å². The Bertz CT molecular complexity index is 621. The van der Waals surface area contributed by atoms with Crippen LogP contribution in [0.5, 0.6) is 0 Å². The molecule has 6 rings (SSSR count). The van der Waals surface area contributed by atoms with Crippen LogP contribution >= 0.6 is 0 Å². The van der Waals surface area contributed by atoms with E-state index in [0.717, 1.165) is 56.1 Å². The molecule has 4 nitrogen and oxygen atoms in total. The lowest BCUT2D eigenvalue weighted by molar-refractivity contribution is -0.159. The number of aromatic nitrogens is 2. The molecule has 25 heavy (non-hydrogen) atoms. The predicted octanol–water partition coefficient (Wildman–Crippen LogP) is 3.65. The molecule has 4 bridgehead atoms. The van der Waals surface area contributed by atoms with Crippen LogP contribution in [0.25, 0.3) is 0 Å². The van der Waals surface area contributed by atoms with Gasteiger partial charge in [-0.2, -0.15) is 0 Å². The summed E-state index contributed by atoms with van der Waals surface area (Å²) in [5.74, 6) is 4.90. The second kappa shape index (κ2) is 5.85. The number of amides is 1. The van der Waals surface area contributed by atoms with Crippen LogP contribution in [0, 0.1) is 36.0 Å². The van der Waals surface area contributed by atoms with Crippen molar-refractivity contribution in [1.29, 1.82) is 0 Å².